The number of nitro groups is 1. The lowest BCUT2D eigenvalue weighted by molar-refractivity contribution is -0.384. The molecular weight excluding hydrogens is 472 g/mol. The molecule has 33 heavy (non-hydrogen) atoms. The number of nitrogens with zero attached hydrogens (tertiary/aromatic N) is 3. The normalized spacial score (nSPS) is 17.2. The SMILES string of the molecule is O=C(Nc1cc(S(=O)(=O)N2CCOCC2)ccc1N1CCCC1)c1cc([N+](=O)[O-])ccc1Cl. The van der Waals surface area contributed by atoms with Crippen molar-refractivity contribution in [2.45, 2.75) is 17.7 Å². The zero-order valence-corrected chi connectivity index (χ0v) is 19.3. The second kappa shape index (κ2) is 9.64. The van der Waals surface area contributed by atoms with Crippen LogP contribution in [0.25, 0.3) is 0 Å². The van der Waals surface area contributed by atoms with E-state index < -0.39 is 20.9 Å². The van der Waals surface area contributed by atoms with E-state index in [4.69, 9.17) is 16.3 Å². The largest absolute Gasteiger partial charge is 0.379 e. The van der Waals surface area contributed by atoms with E-state index in [2.05, 4.69) is 10.2 Å². The Hall–Kier alpha value is -2.73. The summed E-state index contributed by atoms with van der Waals surface area (Å²) >= 11 is 6.13. The van der Waals surface area contributed by atoms with Crippen LogP contribution in [0.1, 0.15) is 23.2 Å². The number of carbonyl (C=O) groups excluding carboxylic acids is 1. The van der Waals surface area contributed by atoms with Crippen molar-refractivity contribution in [3.63, 3.8) is 0 Å². The fraction of sp³-hybridized carbons (Fsp3) is 0.381. The molecule has 2 fully saturated rings. The molecule has 2 aliphatic rings. The predicted molar refractivity (Wildman–Crippen MR) is 124 cm³/mol. The van der Waals surface area contributed by atoms with E-state index in [1.54, 1.807) is 6.07 Å². The Kier molecular flexibility index (Phi) is 6.84. The van der Waals surface area contributed by atoms with Crippen LogP contribution in [0.15, 0.2) is 41.3 Å². The molecule has 0 radical (unpaired) electrons. The van der Waals surface area contributed by atoms with Crippen molar-refractivity contribution in [1.29, 1.82) is 0 Å². The third kappa shape index (κ3) is 4.96. The van der Waals surface area contributed by atoms with Crippen molar-refractivity contribution in [3.8, 4) is 0 Å². The van der Waals surface area contributed by atoms with E-state index in [-0.39, 0.29) is 34.3 Å². The maximum absolute atomic E-state index is 13.1. The Morgan fingerprint density at radius 3 is 2.42 bits per heavy atom. The number of anilines is 2. The lowest BCUT2D eigenvalue weighted by Gasteiger charge is -2.27. The minimum Gasteiger partial charge on any atom is -0.379 e. The molecule has 2 saturated heterocycles. The van der Waals surface area contributed by atoms with Crippen LogP contribution < -0.4 is 10.2 Å². The van der Waals surface area contributed by atoms with Crippen molar-refractivity contribution in [2.24, 2.45) is 0 Å². The summed E-state index contributed by atoms with van der Waals surface area (Å²) in [6.07, 6.45) is 1.97. The molecule has 0 spiro atoms. The van der Waals surface area contributed by atoms with Gasteiger partial charge in [-0.1, -0.05) is 11.6 Å². The Balaban J connectivity index is 1.71. The summed E-state index contributed by atoms with van der Waals surface area (Å²) in [4.78, 5) is 25.7. The van der Waals surface area contributed by atoms with Gasteiger partial charge in [0.05, 0.1) is 45.0 Å². The number of morpholine rings is 1. The molecular formula is C21H23ClN4O6S. The van der Waals surface area contributed by atoms with Gasteiger partial charge in [0.15, 0.2) is 0 Å². The van der Waals surface area contributed by atoms with Gasteiger partial charge in [-0.3, -0.25) is 14.9 Å². The van der Waals surface area contributed by atoms with Crippen molar-refractivity contribution < 1.29 is 22.9 Å². The van der Waals surface area contributed by atoms with Gasteiger partial charge in [-0.15, -0.1) is 0 Å². The van der Waals surface area contributed by atoms with Crippen LogP contribution in [0.2, 0.25) is 5.02 Å². The van der Waals surface area contributed by atoms with Gasteiger partial charge < -0.3 is 15.0 Å². The standard InChI is InChI=1S/C21H23ClN4O6S/c22-18-5-3-15(26(28)29)13-17(18)21(27)23-19-14-16(4-6-20(19)24-7-1-2-8-24)33(30,31)25-9-11-32-12-10-25/h3-6,13-14H,1-2,7-12H2,(H,23,27). The second-order valence-corrected chi connectivity index (χ2v) is 10.1. The summed E-state index contributed by atoms with van der Waals surface area (Å²) in [7, 11) is -3.78. The zero-order chi connectivity index (χ0) is 23.6. The van der Waals surface area contributed by atoms with E-state index in [9.17, 15) is 23.3 Å². The summed E-state index contributed by atoms with van der Waals surface area (Å²) in [6.45, 7) is 2.69. The molecule has 4 rings (SSSR count). The molecule has 1 amide bonds. The van der Waals surface area contributed by atoms with Crippen LogP contribution in [0.4, 0.5) is 17.1 Å². The quantitative estimate of drug-likeness (QED) is 0.483. The van der Waals surface area contributed by atoms with Gasteiger partial charge in [0, 0.05) is 38.3 Å². The number of ether oxygens (including phenoxy) is 1. The third-order valence-corrected chi connectivity index (χ3v) is 7.90. The zero-order valence-electron chi connectivity index (χ0n) is 17.7. The number of hydrogen-bond acceptors (Lipinski definition) is 7. The van der Waals surface area contributed by atoms with E-state index in [0.29, 0.717) is 24.6 Å². The minimum atomic E-state index is -3.78. The van der Waals surface area contributed by atoms with E-state index in [0.717, 1.165) is 32.0 Å². The molecule has 2 heterocycles. The van der Waals surface area contributed by atoms with Crippen LogP contribution in [-0.2, 0) is 14.8 Å². The fourth-order valence-electron chi connectivity index (χ4n) is 3.94. The summed E-state index contributed by atoms with van der Waals surface area (Å²) in [5.74, 6) is -0.662. The van der Waals surface area contributed by atoms with Crippen molar-refractivity contribution in [3.05, 3.63) is 57.1 Å². The number of sulfonamides is 1. The number of carbonyl (C=O) groups is 1. The number of rotatable bonds is 6. The van der Waals surface area contributed by atoms with E-state index >= 15 is 0 Å². The highest BCUT2D eigenvalue weighted by molar-refractivity contribution is 7.89. The van der Waals surface area contributed by atoms with Crippen LogP contribution in [0.5, 0.6) is 0 Å². The van der Waals surface area contributed by atoms with Gasteiger partial charge in [0.25, 0.3) is 11.6 Å². The maximum Gasteiger partial charge on any atom is 0.270 e. The molecule has 10 nitrogen and oxygen atoms in total. The third-order valence-electron chi connectivity index (χ3n) is 5.68. The molecule has 176 valence electrons. The minimum absolute atomic E-state index is 0.0489. The first-order chi connectivity index (χ1) is 15.8. The number of benzene rings is 2. The number of nitro benzene ring substituents is 1. The number of hydrogen-bond donors (Lipinski definition) is 1. The topological polar surface area (TPSA) is 122 Å². The molecule has 0 bridgehead atoms. The molecule has 0 unspecified atom stereocenters. The van der Waals surface area contributed by atoms with Crippen molar-refractivity contribution in [2.75, 3.05) is 49.6 Å². The van der Waals surface area contributed by atoms with Crippen molar-refractivity contribution >= 4 is 44.6 Å². The maximum atomic E-state index is 13.1. The average molecular weight is 495 g/mol. The first kappa shape index (κ1) is 23.4. The molecule has 2 aromatic carbocycles. The van der Waals surface area contributed by atoms with Crippen molar-refractivity contribution in [1.82, 2.24) is 4.31 Å². The Morgan fingerprint density at radius 1 is 1.06 bits per heavy atom. The Labute approximate surface area is 196 Å². The van der Waals surface area contributed by atoms with E-state index in [1.165, 1.54) is 28.6 Å². The van der Waals surface area contributed by atoms with Gasteiger partial charge in [0.1, 0.15) is 0 Å². The lowest BCUT2D eigenvalue weighted by atomic mass is 10.1. The van der Waals surface area contributed by atoms with Gasteiger partial charge in [-0.05, 0) is 37.1 Å². The fourth-order valence-corrected chi connectivity index (χ4v) is 5.57. The number of amides is 1. The highest BCUT2D eigenvalue weighted by Gasteiger charge is 2.28. The van der Waals surface area contributed by atoms with Gasteiger partial charge in [0.2, 0.25) is 10.0 Å². The number of non-ortho nitro benzene ring substituents is 1. The highest BCUT2D eigenvalue weighted by Crippen LogP contribution is 2.33. The number of nitrogens with one attached hydrogen (secondary N) is 1. The molecule has 0 atom stereocenters. The first-order valence-corrected chi connectivity index (χ1v) is 12.3. The first-order valence-electron chi connectivity index (χ1n) is 10.5. The summed E-state index contributed by atoms with van der Waals surface area (Å²) < 4.78 is 32.9. The van der Waals surface area contributed by atoms with E-state index in [1.807, 2.05) is 0 Å². The molecule has 0 aromatic heterocycles. The molecule has 1 N–H and O–H groups in total. The molecule has 0 saturated carbocycles. The highest BCUT2D eigenvalue weighted by atomic mass is 35.5. The van der Waals surface area contributed by atoms with Crippen LogP contribution in [0.3, 0.4) is 0 Å². The smallest absolute Gasteiger partial charge is 0.270 e. The molecule has 2 aliphatic heterocycles. The van der Waals surface area contributed by atoms with Gasteiger partial charge >= 0.3 is 0 Å². The second-order valence-electron chi connectivity index (χ2n) is 7.76. The molecule has 12 heteroatoms. The summed E-state index contributed by atoms with van der Waals surface area (Å²) in [5.41, 5.74) is 0.648. The average Bonchev–Trinajstić information content (AvgIpc) is 3.34. The Morgan fingerprint density at radius 2 is 1.76 bits per heavy atom. The predicted octanol–water partition coefficient (Wildman–Crippen LogP) is 3.12. The Bertz CT molecular complexity index is 1180. The molecule has 0 aliphatic carbocycles. The van der Waals surface area contributed by atoms with Crippen LogP contribution in [0, 0.1) is 10.1 Å². The van der Waals surface area contributed by atoms with Crippen LogP contribution >= 0.6 is 11.6 Å². The monoisotopic (exact) mass is 494 g/mol. The lowest BCUT2D eigenvalue weighted by Crippen LogP contribution is -2.40. The molecule has 2 aromatic rings. The number of halogens is 1. The summed E-state index contributed by atoms with van der Waals surface area (Å²) in [5, 5.41) is 13.9. The van der Waals surface area contributed by atoms with Crippen LogP contribution in [-0.4, -0.2) is 62.9 Å². The summed E-state index contributed by atoms with van der Waals surface area (Å²) in [6, 6.07) is 8.25. The van der Waals surface area contributed by atoms with Gasteiger partial charge in [-0.2, -0.15) is 4.31 Å². The van der Waals surface area contributed by atoms with Gasteiger partial charge in [-0.25, -0.2) is 8.42 Å².